The van der Waals surface area contributed by atoms with E-state index in [0.29, 0.717) is 0 Å². The third-order valence-electron chi connectivity index (χ3n) is 2.90. The highest BCUT2D eigenvalue weighted by Crippen LogP contribution is 2.10. The molecular formula is C16H19BrIN3. The molecule has 0 aliphatic heterocycles. The maximum atomic E-state index is 4.22. The van der Waals surface area contributed by atoms with Crippen LogP contribution in [-0.4, -0.2) is 13.0 Å². The molecule has 0 heterocycles. The summed E-state index contributed by atoms with van der Waals surface area (Å²) in [4.78, 5) is 4.22. The van der Waals surface area contributed by atoms with Crippen LogP contribution in [0, 0.1) is 0 Å². The van der Waals surface area contributed by atoms with Gasteiger partial charge in [-0.1, -0.05) is 58.4 Å². The van der Waals surface area contributed by atoms with Gasteiger partial charge in [0.1, 0.15) is 0 Å². The molecule has 2 aromatic rings. The number of rotatable bonds is 4. The number of nitrogens with one attached hydrogen (secondary N) is 2. The third-order valence-corrected chi connectivity index (χ3v) is 3.43. The van der Waals surface area contributed by atoms with Gasteiger partial charge in [-0.25, -0.2) is 0 Å². The van der Waals surface area contributed by atoms with Gasteiger partial charge in [-0.15, -0.1) is 24.0 Å². The Labute approximate surface area is 151 Å². The molecule has 2 N–H and O–H groups in total. The summed E-state index contributed by atoms with van der Waals surface area (Å²) in [6.45, 7) is 1.52. The Morgan fingerprint density at radius 3 is 1.95 bits per heavy atom. The molecule has 0 bridgehead atoms. The predicted molar refractivity (Wildman–Crippen MR) is 103 cm³/mol. The van der Waals surface area contributed by atoms with Crippen LogP contribution < -0.4 is 10.6 Å². The number of aliphatic imine (C=N–C) groups is 1. The number of halogens is 2. The Morgan fingerprint density at radius 1 is 0.905 bits per heavy atom. The number of nitrogens with zero attached hydrogens (tertiary/aromatic N) is 1. The second-order valence-corrected chi connectivity index (χ2v) is 5.31. The predicted octanol–water partition coefficient (Wildman–Crippen LogP) is 3.93. The molecule has 0 saturated heterocycles. The van der Waals surface area contributed by atoms with E-state index >= 15 is 0 Å². The molecular weight excluding hydrogens is 441 g/mol. The highest BCUT2D eigenvalue weighted by molar-refractivity contribution is 14.0. The molecule has 0 aliphatic rings. The van der Waals surface area contributed by atoms with Crippen molar-refractivity contribution in [2.45, 2.75) is 13.1 Å². The molecule has 0 spiro atoms. The molecule has 5 heteroatoms. The SMILES string of the molecule is CN=C(NCc1ccccc1)NCc1ccc(Br)cc1.I. The lowest BCUT2D eigenvalue weighted by Gasteiger charge is -2.12. The van der Waals surface area contributed by atoms with Crippen molar-refractivity contribution in [3.63, 3.8) is 0 Å². The summed E-state index contributed by atoms with van der Waals surface area (Å²) in [6, 6.07) is 18.5. The van der Waals surface area contributed by atoms with E-state index in [-0.39, 0.29) is 24.0 Å². The van der Waals surface area contributed by atoms with Crippen molar-refractivity contribution in [3.8, 4) is 0 Å². The summed E-state index contributed by atoms with van der Waals surface area (Å²) < 4.78 is 1.09. The minimum Gasteiger partial charge on any atom is -0.352 e. The summed E-state index contributed by atoms with van der Waals surface area (Å²) in [5.74, 6) is 0.803. The average molecular weight is 460 g/mol. The van der Waals surface area contributed by atoms with Gasteiger partial charge in [0.2, 0.25) is 0 Å². The first kappa shape index (κ1) is 18.0. The zero-order valence-corrected chi connectivity index (χ0v) is 15.8. The van der Waals surface area contributed by atoms with Crippen LogP contribution >= 0.6 is 39.9 Å². The molecule has 2 rings (SSSR count). The van der Waals surface area contributed by atoms with E-state index in [0.717, 1.165) is 23.5 Å². The largest absolute Gasteiger partial charge is 0.352 e. The molecule has 112 valence electrons. The summed E-state index contributed by atoms with van der Waals surface area (Å²) >= 11 is 3.43. The lowest BCUT2D eigenvalue weighted by molar-refractivity contribution is 0.809. The first-order valence-electron chi connectivity index (χ1n) is 6.51. The number of guanidine groups is 1. The molecule has 0 saturated carbocycles. The van der Waals surface area contributed by atoms with Gasteiger partial charge in [0.05, 0.1) is 0 Å². The van der Waals surface area contributed by atoms with Crippen LogP contribution in [0.1, 0.15) is 11.1 Å². The topological polar surface area (TPSA) is 36.4 Å². The van der Waals surface area contributed by atoms with Crippen molar-refractivity contribution in [1.82, 2.24) is 10.6 Å². The summed E-state index contributed by atoms with van der Waals surface area (Å²) in [6.07, 6.45) is 0. The molecule has 0 fully saturated rings. The second kappa shape index (κ2) is 9.78. The van der Waals surface area contributed by atoms with E-state index in [1.54, 1.807) is 7.05 Å². The normalized spacial score (nSPS) is 10.7. The summed E-state index contributed by atoms with van der Waals surface area (Å²) in [5, 5.41) is 6.60. The zero-order chi connectivity index (χ0) is 14.2. The molecule has 0 unspecified atom stereocenters. The van der Waals surface area contributed by atoms with Gasteiger partial charge in [0.25, 0.3) is 0 Å². The zero-order valence-electron chi connectivity index (χ0n) is 11.8. The Hall–Kier alpha value is -1.08. The van der Waals surface area contributed by atoms with Crippen molar-refractivity contribution in [2.75, 3.05) is 7.05 Å². The molecule has 3 nitrogen and oxygen atoms in total. The minimum absolute atomic E-state index is 0. The maximum absolute atomic E-state index is 4.22. The van der Waals surface area contributed by atoms with Gasteiger partial charge < -0.3 is 10.6 Å². The molecule has 0 aliphatic carbocycles. The van der Waals surface area contributed by atoms with Crippen molar-refractivity contribution in [3.05, 3.63) is 70.2 Å². The van der Waals surface area contributed by atoms with Crippen LogP contribution in [0.4, 0.5) is 0 Å². The van der Waals surface area contributed by atoms with Gasteiger partial charge in [0.15, 0.2) is 5.96 Å². The Bertz CT molecular complexity index is 555. The molecule has 2 aromatic carbocycles. The first-order chi connectivity index (χ1) is 9.78. The Kier molecular flexibility index (Phi) is 8.37. The molecule has 21 heavy (non-hydrogen) atoms. The highest BCUT2D eigenvalue weighted by atomic mass is 127. The molecule has 0 aromatic heterocycles. The van der Waals surface area contributed by atoms with Crippen molar-refractivity contribution >= 4 is 45.9 Å². The Balaban J connectivity index is 0.00000220. The van der Waals surface area contributed by atoms with Gasteiger partial charge >= 0.3 is 0 Å². The van der Waals surface area contributed by atoms with Crippen LogP contribution in [-0.2, 0) is 13.1 Å². The van der Waals surface area contributed by atoms with E-state index in [4.69, 9.17) is 0 Å². The number of benzene rings is 2. The van der Waals surface area contributed by atoms with Crippen molar-refractivity contribution in [1.29, 1.82) is 0 Å². The van der Waals surface area contributed by atoms with Crippen LogP contribution in [0.3, 0.4) is 0 Å². The number of hydrogen-bond acceptors (Lipinski definition) is 1. The standard InChI is InChI=1S/C16H18BrN3.HI/c1-18-16(19-11-13-5-3-2-4-6-13)20-12-14-7-9-15(17)10-8-14;/h2-10H,11-12H2,1H3,(H2,18,19,20);1H. The van der Waals surface area contributed by atoms with Crippen molar-refractivity contribution in [2.24, 2.45) is 4.99 Å². The van der Waals surface area contributed by atoms with Crippen LogP contribution in [0.2, 0.25) is 0 Å². The Morgan fingerprint density at radius 2 is 1.43 bits per heavy atom. The minimum atomic E-state index is 0. The van der Waals surface area contributed by atoms with Crippen LogP contribution in [0.5, 0.6) is 0 Å². The van der Waals surface area contributed by atoms with E-state index in [1.807, 2.05) is 30.3 Å². The van der Waals surface area contributed by atoms with Gasteiger partial charge in [-0.05, 0) is 23.3 Å². The van der Waals surface area contributed by atoms with Gasteiger partial charge in [-0.3, -0.25) is 4.99 Å². The van der Waals surface area contributed by atoms with Crippen LogP contribution in [0.15, 0.2) is 64.1 Å². The quantitative estimate of drug-likeness (QED) is 0.413. The summed E-state index contributed by atoms with van der Waals surface area (Å²) in [7, 11) is 1.78. The van der Waals surface area contributed by atoms with E-state index < -0.39 is 0 Å². The van der Waals surface area contributed by atoms with E-state index in [9.17, 15) is 0 Å². The third kappa shape index (κ3) is 6.48. The van der Waals surface area contributed by atoms with Crippen molar-refractivity contribution < 1.29 is 0 Å². The second-order valence-electron chi connectivity index (χ2n) is 4.39. The fourth-order valence-electron chi connectivity index (χ4n) is 1.79. The maximum Gasteiger partial charge on any atom is 0.191 e. The summed E-state index contributed by atoms with van der Waals surface area (Å²) in [5.41, 5.74) is 2.45. The first-order valence-corrected chi connectivity index (χ1v) is 7.30. The average Bonchev–Trinajstić information content (AvgIpc) is 2.50. The van der Waals surface area contributed by atoms with Gasteiger partial charge in [0, 0.05) is 24.6 Å². The fraction of sp³-hybridized carbons (Fsp3) is 0.188. The smallest absolute Gasteiger partial charge is 0.191 e. The van der Waals surface area contributed by atoms with E-state index in [2.05, 4.69) is 55.8 Å². The monoisotopic (exact) mass is 459 g/mol. The van der Waals surface area contributed by atoms with Gasteiger partial charge in [-0.2, -0.15) is 0 Å². The molecule has 0 amide bonds. The highest BCUT2D eigenvalue weighted by Gasteiger charge is 1.98. The molecule has 0 atom stereocenters. The number of hydrogen-bond donors (Lipinski definition) is 2. The lowest BCUT2D eigenvalue weighted by atomic mass is 10.2. The lowest BCUT2D eigenvalue weighted by Crippen LogP contribution is -2.36. The molecule has 0 radical (unpaired) electrons. The fourth-order valence-corrected chi connectivity index (χ4v) is 2.05. The van der Waals surface area contributed by atoms with Crippen LogP contribution in [0.25, 0.3) is 0 Å². The van der Waals surface area contributed by atoms with E-state index in [1.165, 1.54) is 11.1 Å².